The molecule has 0 aromatic rings. The molecular weight excluding hydrogens is 184 g/mol. The van der Waals surface area contributed by atoms with Crippen molar-refractivity contribution >= 4 is 11.8 Å². The van der Waals surface area contributed by atoms with E-state index in [9.17, 15) is 9.59 Å². The van der Waals surface area contributed by atoms with E-state index in [1.54, 1.807) is 0 Å². The number of aliphatic hydroxyl groups excluding tert-OH is 1. The van der Waals surface area contributed by atoms with Crippen molar-refractivity contribution in [3.05, 3.63) is 0 Å². The van der Waals surface area contributed by atoms with E-state index < -0.39 is 0 Å². The largest absolute Gasteiger partial charge is 0.396 e. The molecule has 0 saturated carbocycles. The molecule has 0 aromatic carbocycles. The van der Waals surface area contributed by atoms with E-state index in [-0.39, 0.29) is 30.8 Å². The molecule has 0 aromatic heterocycles. The van der Waals surface area contributed by atoms with Gasteiger partial charge in [-0.05, 0) is 25.7 Å². The molecule has 0 aliphatic carbocycles. The number of carbonyl (C=O) groups excluding carboxylic acids is 2. The van der Waals surface area contributed by atoms with Gasteiger partial charge in [-0.15, -0.1) is 0 Å². The summed E-state index contributed by atoms with van der Waals surface area (Å²) < 4.78 is 0. The van der Waals surface area contributed by atoms with E-state index >= 15 is 0 Å². The van der Waals surface area contributed by atoms with Gasteiger partial charge in [0.05, 0.1) is 0 Å². The van der Waals surface area contributed by atoms with Crippen LogP contribution in [0.5, 0.6) is 0 Å². The maximum absolute atomic E-state index is 10.9. The van der Waals surface area contributed by atoms with Crippen molar-refractivity contribution in [2.24, 2.45) is 17.4 Å². The van der Waals surface area contributed by atoms with Crippen molar-refractivity contribution in [2.45, 2.75) is 32.1 Å². The maximum atomic E-state index is 10.9. The monoisotopic (exact) mass is 202 g/mol. The van der Waals surface area contributed by atoms with E-state index in [4.69, 9.17) is 16.6 Å². The van der Waals surface area contributed by atoms with Gasteiger partial charge >= 0.3 is 0 Å². The molecule has 14 heavy (non-hydrogen) atoms. The van der Waals surface area contributed by atoms with Gasteiger partial charge in [-0.3, -0.25) is 9.59 Å². The maximum Gasteiger partial charge on any atom is 0.220 e. The van der Waals surface area contributed by atoms with Crippen LogP contribution in [0.3, 0.4) is 0 Å². The third-order valence-electron chi connectivity index (χ3n) is 2.09. The second-order valence-corrected chi connectivity index (χ2v) is 3.32. The zero-order valence-electron chi connectivity index (χ0n) is 8.24. The van der Waals surface area contributed by atoms with Crippen molar-refractivity contribution in [2.75, 3.05) is 6.61 Å². The molecule has 5 N–H and O–H groups in total. The zero-order chi connectivity index (χ0) is 11.0. The van der Waals surface area contributed by atoms with E-state index in [1.165, 1.54) is 0 Å². The zero-order valence-corrected chi connectivity index (χ0v) is 8.24. The topological polar surface area (TPSA) is 106 Å². The van der Waals surface area contributed by atoms with Gasteiger partial charge in [-0.1, -0.05) is 0 Å². The van der Waals surface area contributed by atoms with Gasteiger partial charge in [-0.25, -0.2) is 0 Å². The van der Waals surface area contributed by atoms with Crippen LogP contribution in [-0.2, 0) is 9.59 Å². The Morgan fingerprint density at radius 2 is 1.71 bits per heavy atom. The van der Waals surface area contributed by atoms with Gasteiger partial charge in [0.1, 0.15) is 0 Å². The Morgan fingerprint density at radius 3 is 2.14 bits per heavy atom. The Kier molecular flexibility index (Phi) is 6.74. The first-order valence-electron chi connectivity index (χ1n) is 4.76. The predicted molar refractivity (Wildman–Crippen MR) is 52.0 cm³/mol. The first-order valence-corrected chi connectivity index (χ1v) is 4.76. The Balaban J connectivity index is 3.73. The lowest BCUT2D eigenvalue weighted by atomic mass is 9.96. The Labute approximate surface area is 83.5 Å². The molecular formula is C9H18N2O3. The summed E-state index contributed by atoms with van der Waals surface area (Å²) >= 11 is 0. The van der Waals surface area contributed by atoms with Gasteiger partial charge in [0.25, 0.3) is 0 Å². The van der Waals surface area contributed by atoms with Crippen LogP contribution in [0.1, 0.15) is 32.1 Å². The summed E-state index contributed by atoms with van der Waals surface area (Å²) in [6, 6.07) is 0. The summed E-state index contributed by atoms with van der Waals surface area (Å²) in [5, 5.41) is 8.58. The van der Waals surface area contributed by atoms with E-state index in [0.717, 1.165) is 0 Å². The van der Waals surface area contributed by atoms with Gasteiger partial charge in [0.15, 0.2) is 0 Å². The fraction of sp³-hybridized carbons (Fsp3) is 0.778. The minimum atomic E-state index is -0.372. The van der Waals surface area contributed by atoms with Crippen LogP contribution in [0.4, 0.5) is 0 Å². The summed E-state index contributed by atoms with van der Waals surface area (Å²) in [6.07, 6.45) is 2.56. The number of nitrogens with two attached hydrogens (primary N) is 2. The van der Waals surface area contributed by atoms with Crippen LogP contribution >= 0.6 is 0 Å². The third kappa shape index (κ3) is 6.42. The van der Waals surface area contributed by atoms with Crippen molar-refractivity contribution in [1.82, 2.24) is 0 Å². The van der Waals surface area contributed by atoms with E-state index in [0.29, 0.717) is 25.7 Å². The second kappa shape index (κ2) is 7.32. The molecule has 1 unspecified atom stereocenters. The lowest BCUT2D eigenvalue weighted by molar-refractivity contribution is -0.123. The number of hydrogen-bond acceptors (Lipinski definition) is 3. The first-order chi connectivity index (χ1) is 6.57. The van der Waals surface area contributed by atoms with Gasteiger partial charge < -0.3 is 16.6 Å². The molecule has 0 aliphatic heterocycles. The molecule has 0 saturated heterocycles. The SMILES string of the molecule is NC(=O)CCCC(CCCO)C(N)=O. The normalized spacial score (nSPS) is 12.4. The van der Waals surface area contributed by atoms with Crippen molar-refractivity contribution in [3.8, 4) is 0 Å². The average molecular weight is 202 g/mol. The number of rotatable bonds is 8. The number of aliphatic hydroxyl groups is 1. The van der Waals surface area contributed by atoms with E-state index in [2.05, 4.69) is 0 Å². The molecule has 0 rings (SSSR count). The molecule has 0 bridgehead atoms. The summed E-state index contributed by atoms with van der Waals surface area (Å²) in [5.41, 5.74) is 10.1. The Morgan fingerprint density at radius 1 is 1.14 bits per heavy atom. The minimum Gasteiger partial charge on any atom is -0.396 e. The quantitative estimate of drug-likeness (QED) is 0.494. The summed E-state index contributed by atoms with van der Waals surface area (Å²) in [4.78, 5) is 21.3. The summed E-state index contributed by atoms with van der Waals surface area (Å²) in [5.74, 6) is -0.986. The average Bonchev–Trinajstić information content (AvgIpc) is 2.09. The lowest BCUT2D eigenvalue weighted by Gasteiger charge is -2.11. The number of primary amides is 2. The van der Waals surface area contributed by atoms with Crippen LogP contribution in [0.15, 0.2) is 0 Å². The Hall–Kier alpha value is -1.10. The standard InChI is InChI=1S/C9H18N2O3/c10-8(13)5-1-3-7(9(11)14)4-2-6-12/h7,12H,1-6H2,(H2,10,13)(H2,11,14). The summed E-state index contributed by atoms with van der Waals surface area (Å²) in [7, 11) is 0. The fourth-order valence-corrected chi connectivity index (χ4v) is 1.29. The fourth-order valence-electron chi connectivity index (χ4n) is 1.29. The van der Waals surface area contributed by atoms with Gasteiger partial charge in [0.2, 0.25) is 11.8 Å². The number of amides is 2. The molecule has 0 spiro atoms. The highest BCUT2D eigenvalue weighted by atomic mass is 16.3. The lowest BCUT2D eigenvalue weighted by Crippen LogP contribution is -2.24. The molecule has 0 radical (unpaired) electrons. The predicted octanol–water partition coefficient (Wildman–Crippen LogP) is -0.484. The van der Waals surface area contributed by atoms with Crippen LogP contribution in [0.25, 0.3) is 0 Å². The van der Waals surface area contributed by atoms with Gasteiger partial charge in [-0.2, -0.15) is 0 Å². The van der Waals surface area contributed by atoms with Crippen molar-refractivity contribution in [3.63, 3.8) is 0 Å². The second-order valence-electron chi connectivity index (χ2n) is 3.32. The van der Waals surface area contributed by atoms with E-state index in [1.807, 2.05) is 0 Å². The smallest absolute Gasteiger partial charge is 0.220 e. The summed E-state index contributed by atoms with van der Waals surface area (Å²) in [6.45, 7) is 0.0552. The van der Waals surface area contributed by atoms with Gasteiger partial charge in [0, 0.05) is 18.9 Å². The molecule has 0 aliphatic rings. The molecule has 0 fully saturated rings. The minimum absolute atomic E-state index is 0.0552. The van der Waals surface area contributed by atoms with Crippen LogP contribution in [0.2, 0.25) is 0 Å². The number of hydrogen-bond donors (Lipinski definition) is 3. The van der Waals surface area contributed by atoms with Crippen molar-refractivity contribution < 1.29 is 14.7 Å². The molecule has 1 atom stereocenters. The molecule has 82 valence electrons. The van der Waals surface area contributed by atoms with Crippen molar-refractivity contribution in [1.29, 1.82) is 0 Å². The van der Waals surface area contributed by atoms with Crippen LogP contribution in [-0.4, -0.2) is 23.5 Å². The number of carbonyl (C=O) groups is 2. The molecule has 5 nitrogen and oxygen atoms in total. The highest BCUT2D eigenvalue weighted by Crippen LogP contribution is 2.13. The highest BCUT2D eigenvalue weighted by molar-refractivity contribution is 5.77. The third-order valence-corrected chi connectivity index (χ3v) is 2.09. The Bertz CT molecular complexity index is 194. The highest BCUT2D eigenvalue weighted by Gasteiger charge is 2.14. The van der Waals surface area contributed by atoms with Crippen LogP contribution < -0.4 is 11.5 Å². The molecule has 5 heteroatoms. The first kappa shape index (κ1) is 12.9. The van der Waals surface area contributed by atoms with Crippen LogP contribution in [0, 0.1) is 5.92 Å². The molecule has 2 amide bonds. The molecule has 0 heterocycles.